The minimum atomic E-state index is -3.82. The fraction of sp³-hybridized carbons (Fsp3) is 0.611. The third kappa shape index (κ3) is 7.13. The summed E-state index contributed by atoms with van der Waals surface area (Å²) in [6.45, 7) is 14.1. The molecule has 1 rings (SSSR count). The molecule has 0 aliphatic rings. The molecule has 0 bridgehead atoms. The molecule has 6 nitrogen and oxygen atoms in total. The number of benzene rings is 1. The summed E-state index contributed by atoms with van der Waals surface area (Å²) in [5.41, 5.74) is 2.09. The molecule has 3 N–H and O–H groups in total. The van der Waals surface area contributed by atoms with Crippen LogP contribution in [0.5, 0.6) is 0 Å². The van der Waals surface area contributed by atoms with E-state index in [4.69, 9.17) is 5.14 Å². The minimum Gasteiger partial charge on any atom is -0.325 e. The molecule has 1 amide bonds. The molecule has 0 aromatic heterocycles. The van der Waals surface area contributed by atoms with E-state index in [0.717, 1.165) is 24.2 Å². The van der Waals surface area contributed by atoms with Crippen molar-refractivity contribution in [3.05, 3.63) is 23.3 Å². The van der Waals surface area contributed by atoms with E-state index >= 15 is 0 Å². The first kappa shape index (κ1) is 21.6. The zero-order valence-corrected chi connectivity index (χ0v) is 16.9. The fourth-order valence-corrected chi connectivity index (χ4v) is 3.37. The highest BCUT2D eigenvalue weighted by Crippen LogP contribution is 2.23. The van der Waals surface area contributed by atoms with Crippen molar-refractivity contribution in [3.63, 3.8) is 0 Å². The van der Waals surface area contributed by atoms with Gasteiger partial charge in [-0.15, -0.1) is 0 Å². The highest BCUT2D eigenvalue weighted by Gasteiger charge is 2.17. The summed E-state index contributed by atoms with van der Waals surface area (Å²) in [6, 6.07) is 2.94. The number of rotatable bonds is 8. The number of carbonyl (C=O) groups is 1. The summed E-state index contributed by atoms with van der Waals surface area (Å²) in [5.74, 6) is 0.762. The number of amides is 1. The zero-order chi connectivity index (χ0) is 19.4. The summed E-state index contributed by atoms with van der Waals surface area (Å²) in [5, 5.41) is 8.06. The van der Waals surface area contributed by atoms with Gasteiger partial charge in [-0.05, 0) is 48.9 Å². The average Bonchev–Trinajstić information content (AvgIpc) is 2.40. The van der Waals surface area contributed by atoms with Crippen LogP contribution >= 0.6 is 0 Å². The van der Waals surface area contributed by atoms with Gasteiger partial charge in [0.05, 0.1) is 11.4 Å². The Labute approximate surface area is 151 Å². The standard InChI is InChI=1S/C18H31N3O3S/c1-12(2)9-21(10-13(3)4)11-18(22)20-17-8-16(25(19,23)24)7-14(5)15(17)6/h7-8,12-13H,9-11H2,1-6H3,(H,20,22)(H2,19,23,24). The Hall–Kier alpha value is -1.44. The van der Waals surface area contributed by atoms with E-state index in [-0.39, 0.29) is 17.3 Å². The lowest BCUT2D eigenvalue weighted by molar-refractivity contribution is -0.117. The molecule has 1 aromatic carbocycles. The molecule has 0 aliphatic carbocycles. The van der Waals surface area contributed by atoms with Gasteiger partial charge >= 0.3 is 0 Å². The molecule has 142 valence electrons. The SMILES string of the molecule is Cc1cc(S(N)(=O)=O)cc(NC(=O)CN(CC(C)C)CC(C)C)c1C. The lowest BCUT2D eigenvalue weighted by Crippen LogP contribution is -2.38. The Morgan fingerprint density at radius 2 is 1.64 bits per heavy atom. The molecule has 0 unspecified atom stereocenters. The van der Waals surface area contributed by atoms with E-state index in [1.165, 1.54) is 12.1 Å². The number of hydrogen-bond acceptors (Lipinski definition) is 4. The molecule has 1 aromatic rings. The summed E-state index contributed by atoms with van der Waals surface area (Å²) < 4.78 is 23.2. The number of nitrogens with one attached hydrogen (secondary N) is 1. The van der Waals surface area contributed by atoms with E-state index in [0.29, 0.717) is 17.5 Å². The third-order valence-electron chi connectivity index (χ3n) is 3.86. The Bertz CT molecular complexity index is 703. The summed E-state index contributed by atoms with van der Waals surface area (Å²) in [4.78, 5) is 14.6. The second-order valence-electron chi connectivity index (χ2n) is 7.49. The monoisotopic (exact) mass is 369 g/mol. The molecule has 0 radical (unpaired) electrons. The molecule has 0 atom stereocenters. The normalized spacial score (nSPS) is 12.2. The zero-order valence-electron chi connectivity index (χ0n) is 16.1. The van der Waals surface area contributed by atoms with E-state index < -0.39 is 10.0 Å². The first-order valence-electron chi connectivity index (χ1n) is 8.56. The molecule has 0 saturated heterocycles. The van der Waals surface area contributed by atoms with Crippen molar-refractivity contribution in [1.82, 2.24) is 4.90 Å². The van der Waals surface area contributed by atoms with Crippen LogP contribution < -0.4 is 10.5 Å². The van der Waals surface area contributed by atoms with Crippen LogP contribution in [0.3, 0.4) is 0 Å². The molecule has 0 spiro atoms. The molecule has 7 heteroatoms. The maximum Gasteiger partial charge on any atom is 0.238 e. The second kappa shape index (κ2) is 8.78. The van der Waals surface area contributed by atoms with Crippen molar-refractivity contribution in [2.24, 2.45) is 17.0 Å². The molecular formula is C18H31N3O3S. The number of primary sulfonamides is 1. The number of sulfonamides is 1. The van der Waals surface area contributed by atoms with Gasteiger partial charge in [0.25, 0.3) is 0 Å². The van der Waals surface area contributed by atoms with Gasteiger partial charge in [0.15, 0.2) is 0 Å². The van der Waals surface area contributed by atoms with Crippen molar-refractivity contribution in [1.29, 1.82) is 0 Å². The topological polar surface area (TPSA) is 92.5 Å². The quantitative estimate of drug-likeness (QED) is 0.736. The summed E-state index contributed by atoms with van der Waals surface area (Å²) >= 11 is 0. The third-order valence-corrected chi connectivity index (χ3v) is 4.75. The van der Waals surface area contributed by atoms with Crippen molar-refractivity contribution < 1.29 is 13.2 Å². The summed E-state index contributed by atoms with van der Waals surface area (Å²) in [6.07, 6.45) is 0. The molecule has 0 saturated carbocycles. The van der Waals surface area contributed by atoms with Gasteiger partial charge < -0.3 is 5.32 Å². The van der Waals surface area contributed by atoms with Gasteiger partial charge in [-0.25, -0.2) is 13.6 Å². The minimum absolute atomic E-state index is 0.00659. The van der Waals surface area contributed by atoms with E-state index in [1.807, 2.05) is 6.92 Å². The van der Waals surface area contributed by atoms with Crippen LogP contribution in [0, 0.1) is 25.7 Å². The highest BCUT2D eigenvalue weighted by atomic mass is 32.2. The van der Waals surface area contributed by atoms with Crippen molar-refractivity contribution in [2.45, 2.75) is 46.4 Å². The number of nitrogens with two attached hydrogens (primary N) is 1. The smallest absolute Gasteiger partial charge is 0.238 e. The number of aryl methyl sites for hydroxylation is 1. The Balaban J connectivity index is 2.96. The van der Waals surface area contributed by atoms with Crippen LogP contribution in [0.15, 0.2) is 17.0 Å². The highest BCUT2D eigenvalue weighted by molar-refractivity contribution is 7.89. The number of anilines is 1. The van der Waals surface area contributed by atoms with Crippen LogP contribution in [0.25, 0.3) is 0 Å². The van der Waals surface area contributed by atoms with Crippen molar-refractivity contribution in [3.8, 4) is 0 Å². The lowest BCUT2D eigenvalue weighted by Gasteiger charge is -2.25. The van der Waals surface area contributed by atoms with Crippen molar-refractivity contribution in [2.75, 3.05) is 25.0 Å². The maximum atomic E-state index is 12.5. The largest absolute Gasteiger partial charge is 0.325 e. The maximum absolute atomic E-state index is 12.5. The Kier molecular flexibility index (Phi) is 7.59. The van der Waals surface area contributed by atoms with Crippen molar-refractivity contribution >= 4 is 21.6 Å². The van der Waals surface area contributed by atoms with Crippen LogP contribution in [-0.4, -0.2) is 38.9 Å². The van der Waals surface area contributed by atoms with Crippen LogP contribution in [-0.2, 0) is 14.8 Å². The van der Waals surface area contributed by atoms with Gasteiger partial charge in [0, 0.05) is 18.8 Å². The van der Waals surface area contributed by atoms with Crippen LogP contribution in [0.2, 0.25) is 0 Å². The van der Waals surface area contributed by atoms with Gasteiger partial charge in [-0.1, -0.05) is 27.7 Å². The molecular weight excluding hydrogens is 338 g/mol. The molecule has 0 aliphatic heterocycles. The average molecular weight is 370 g/mol. The van der Waals surface area contributed by atoms with Crippen LogP contribution in [0.4, 0.5) is 5.69 Å². The van der Waals surface area contributed by atoms with Crippen LogP contribution in [0.1, 0.15) is 38.8 Å². The van der Waals surface area contributed by atoms with Gasteiger partial charge in [0.1, 0.15) is 0 Å². The first-order valence-corrected chi connectivity index (χ1v) is 10.1. The Morgan fingerprint density at radius 3 is 2.08 bits per heavy atom. The molecule has 0 fully saturated rings. The van der Waals surface area contributed by atoms with Gasteiger partial charge in [-0.2, -0.15) is 0 Å². The lowest BCUT2D eigenvalue weighted by atomic mass is 10.1. The predicted molar refractivity (Wildman–Crippen MR) is 102 cm³/mol. The predicted octanol–water partition coefficient (Wildman–Crippen LogP) is 2.50. The summed E-state index contributed by atoms with van der Waals surface area (Å²) in [7, 11) is -3.82. The van der Waals surface area contributed by atoms with E-state index in [2.05, 4.69) is 37.9 Å². The van der Waals surface area contributed by atoms with E-state index in [9.17, 15) is 13.2 Å². The molecule has 0 heterocycles. The molecule has 25 heavy (non-hydrogen) atoms. The number of nitrogens with zero attached hydrogens (tertiary/aromatic N) is 1. The Morgan fingerprint density at radius 1 is 1.12 bits per heavy atom. The van der Waals surface area contributed by atoms with Gasteiger partial charge in [-0.3, -0.25) is 9.69 Å². The first-order chi connectivity index (χ1) is 11.4. The second-order valence-corrected chi connectivity index (χ2v) is 9.05. The van der Waals surface area contributed by atoms with Gasteiger partial charge in [0.2, 0.25) is 15.9 Å². The number of carbonyl (C=O) groups excluding carboxylic acids is 1. The van der Waals surface area contributed by atoms with E-state index in [1.54, 1.807) is 6.92 Å². The fourth-order valence-electron chi connectivity index (χ4n) is 2.75. The number of hydrogen-bond donors (Lipinski definition) is 2.